The smallest absolute Gasteiger partial charge is 0.287 e. The molecule has 0 unspecified atom stereocenters. The number of benzene rings is 2. The van der Waals surface area contributed by atoms with Crippen molar-refractivity contribution < 1.29 is 26.4 Å². The molecule has 2 amide bonds. The highest BCUT2D eigenvalue weighted by Gasteiger charge is 2.38. The minimum atomic E-state index is -5.02. The van der Waals surface area contributed by atoms with Crippen LogP contribution < -0.4 is 10.0 Å². The van der Waals surface area contributed by atoms with Crippen molar-refractivity contribution in [1.29, 1.82) is 0 Å². The van der Waals surface area contributed by atoms with Gasteiger partial charge in [0.2, 0.25) is 5.84 Å². The molecule has 0 radical (unpaired) electrons. The SMILES string of the molecule is Cc1ccc(S(=O)(=O)NC(=O)NC(=Nc2ccc(Cl)cc2)C(F)(F)F)cc1. The van der Waals surface area contributed by atoms with Gasteiger partial charge in [0, 0.05) is 5.02 Å². The van der Waals surface area contributed by atoms with Gasteiger partial charge < -0.3 is 0 Å². The zero-order valence-electron chi connectivity index (χ0n) is 13.7. The number of aliphatic imine (C=N–C) groups is 1. The molecule has 0 spiro atoms. The van der Waals surface area contributed by atoms with Crippen molar-refractivity contribution in [3.63, 3.8) is 0 Å². The van der Waals surface area contributed by atoms with Crippen molar-refractivity contribution in [3.05, 3.63) is 59.1 Å². The number of carbonyl (C=O) groups is 1. The number of nitrogens with zero attached hydrogens (tertiary/aromatic N) is 1. The highest BCUT2D eigenvalue weighted by atomic mass is 35.5. The second-order valence-electron chi connectivity index (χ2n) is 5.31. The van der Waals surface area contributed by atoms with Crippen molar-refractivity contribution >= 4 is 39.2 Å². The lowest BCUT2D eigenvalue weighted by Crippen LogP contribution is -2.47. The van der Waals surface area contributed by atoms with Crippen LogP contribution in [0.4, 0.5) is 23.7 Å². The van der Waals surface area contributed by atoms with Crippen molar-refractivity contribution in [2.24, 2.45) is 4.99 Å². The molecule has 0 bridgehead atoms. The molecule has 27 heavy (non-hydrogen) atoms. The molecule has 144 valence electrons. The van der Waals surface area contributed by atoms with E-state index in [0.717, 1.165) is 5.56 Å². The van der Waals surface area contributed by atoms with E-state index in [4.69, 9.17) is 11.6 Å². The first-order valence-corrected chi connectivity index (χ1v) is 9.15. The zero-order valence-corrected chi connectivity index (χ0v) is 15.3. The summed E-state index contributed by atoms with van der Waals surface area (Å²) in [5.41, 5.74) is 0.640. The second-order valence-corrected chi connectivity index (χ2v) is 7.43. The number of sulfonamides is 1. The van der Waals surface area contributed by atoms with Gasteiger partial charge in [-0.2, -0.15) is 13.2 Å². The molecule has 0 aliphatic carbocycles. The summed E-state index contributed by atoms with van der Waals surface area (Å²) in [6.07, 6.45) is -5.02. The fraction of sp³-hybridized carbons (Fsp3) is 0.125. The first-order chi connectivity index (χ1) is 12.5. The number of halogens is 4. The maximum absolute atomic E-state index is 13.1. The van der Waals surface area contributed by atoms with E-state index in [9.17, 15) is 26.4 Å². The Bertz CT molecular complexity index is 957. The topological polar surface area (TPSA) is 87.6 Å². The Morgan fingerprint density at radius 3 is 2.11 bits per heavy atom. The molecule has 2 N–H and O–H groups in total. The molecule has 2 aromatic carbocycles. The highest BCUT2D eigenvalue weighted by Crippen LogP contribution is 2.22. The molecule has 0 atom stereocenters. The van der Waals surface area contributed by atoms with E-state index in [1.165, 1.54) is 58.6 Å². The Morgan fingerprint density at radius 2 is 1.59 bits per heavy atom. The van der Waals surface area contributed by atoms with E-state index in [-0.39, 0.29) is 15.6 Å². The third kappa shape index (κ3) is 5.97. The van der Waals surface area contributed by atoms with Crippen LogP contribution in [0.15, 0.2) is 58.4 Å². The van der Waals surface area contributed by atoms with Gasteiger partial charge in [0.1, 0.15) is 0 Å². The fourth-order valence-electron chi connectivity index (χ4n) is 1.84. The molecule has 0 fully saturated rings. The summed E-state index contributed by atoms with van der Waals surface area (Å²) in [4.78, 5) is 14.8. The quantitative estimate of drug-likeness (QED) is 0.583. The number of alkyl halides is 3. The summed E-state index contributed by atoms with van der Waals surface area (Å²) in [7, 11) is -4.35. The Labute approximate surface area is 158 Å². The van der Waals surface area contributed by atoms with Crippen LogP contribution in [-0.4, -0.2) is 26.5 Å². The van der Waals surface area contributed by atoms with Crippen LogP contribution in [0.3, 0.4) is 0 Å². The summed E-state index contributed by atoms with van der Waals surface area (Å²) in [5.74, 6) is -1.68. The molecule has 0 saturated carbocycles. The summed E-state index contributed by atoms with van der Waals surface area (Å²) in [5, 5.41) is 1.71. The summed E-state index contributed by atoms with van der Waals surface area (Å²) < 4.78 is 64.9. The normalized spacial score (nSPS) is 12.6. The lowest BCUT2D eigenvalue weighted by atomic mass is 10.2. The molecule has 11 heteroatoms. The minimum absolute atomic E-state index is 0.131. The molecular weight excluding hydrogens is 407 g/mol. The number of hydrogen-bond acceptors (Lipinski definition) is 4. The van der Waals surface area contributed by atoms with Crippen molar-refractivity contribution in [1.82, 2.24) is 10.0 Å². The summed E-state index contributed by atoms with van der Waals surface area (Å²) in [6.45, 7) is 1.72. The lowest BCUT2D eigenvalue weighted by molar-refractivity contribution is -0.0611. The van der Waals surface area contributed by atoms with Gasteiger partial charge in [-0.1, -0.05) is 29.3 Å². The molecule has 0 heterocycles. The number of amides is 2. The molecule has 2 aromatic rings. The molecule has 0 aliphatic rings. The Hall–Kier alpha value is -2.59. The average molecular weight is 420 g/mol. The van der Waals surface area contributed by atoms with Crippen LogP contribution in [0.2, 0.25) is 5.02 Å². The van der Waals surface area contributed by atoms with Crippen LogP contribution in [0.25, 0.3) is 0 Å². The van der Waals surface area contributed by atoms with Gasteiger partial charge in [0.25, 0.3) is 10.0 Å². The third-order valence-corrected chi connectivity index (χ3v) is 4.73. The molecule has 6 nitrogen and oxygen atoms in total. The standard InChI is InChI=1S/C16H13ClF3N3O3S/c1-10-2-8-13(9-3-10)27(25,26)23-15(24)22-14(16(18,19)20)21-12-6-4-11(17)5-7-12/h2-9H,1H3,(H2,21,22,23,24). The Kier molecular flexibility index (Phi) is 6.11. The maximum atomic E-state index is 13.1. The van der Waals surface area contributed by atoms with Crippen molar-refractivity contribution in [2.45, 2.75) is 18.0 Å². The predicted octanol–water partition coefficient (Wildman–Crippen LogP) is 3.93. The van der Waals surface area contributed by atoms with Gasteiger partial charge in [-0.25, -0.2) is 22.9 Å². The van der Waals surface area contributed by atoms with Gasteiger partial charge in [-0.3, -0.25) is 5.32 Å². The van der Waals surface area contributed by atoms with Gasteiger partial charge in [0.15, 0.2) is 0 Å². The number of urea groups is 1. The fourth-order valence-corrected chi connectivity index (χ4v) is 2.87. The Morgan fingerprint density at radius 1 is 1.04 bits per heavy atom. The zero-order chi connectivity index (χ0) is 20.2. The van der Waals surface area contributed by atoms with Crippen LogP contribution >= 0.6 is 11.6 Å². The lowest BCUT2D eigenvalue weighted by Gasteiger charge is -2.13. The summed E-state index contributed by atoms with van der Waals surface area (Å²) >= 11 is 5.65. The van der Waals surface area contributed by atoms with Gasteiger partial charge in [0.05, 0.1) is 10.6 Å². The first-order valence-electron chi connectivity index (χ1n) is 7.29. The summed E-state index contributed by atoms with van der Waals surface area (Å²) in [6, 6.07) is 8.85. The van der Waals surface area contributed by atoms with E-state index < -0.39 is 28.1 Å². The highest BCUT2D eigenvalue weighted by molar-refractivity contribution is 7.90. The number of rotatable bonds is 3. The molecule has 0 aromatic heterocycles. The van der Waals surface area contributed by atoms with Crippen molar-refractivity contribution in [3.8, 4) is 0 Å². The number of carbonyl (C=O) groups excluding carboxylic acids is 1. The maximum Gasteiger partial charge on any atom is 0.449 e. The van der Waals surface area contributed by atoms with E-state index >= 15 is 0 Å². The monoisotopic (exact) mass is 419 g/mol. The molecule has 0 aliphatic heterocycles. The van der Waals surface area contributed by atoms with E-state index in [1.54, 1.807) is 6.92 Å². The van der Waals surface area contributed by atoms with Gasteiger partial charge in [-0.05, 0) is 43.3 Å². The van der Waals surface area contributed by atoms with E-state index in [2.05, 4.69) is 4.99 Å². The third-order valence-electron chi connectivity index (χ3n) is 3.13. The second kappa shape index (κ2) is 7.97. The average Bonchev–Trinajstić information content (AvgIpc) is 2.55. The number of aryl methyl sites for hydroxylation is 1. The van der Waals surface area contributed by atoms with Crippen molar-refractivity contribution in [2.75, 3.05) is 0 Å². The number of nitrogens with one attached hydrogen (secondary N) is 2. The number of amidine groups is 1. The van der Waals surface area contributed by atoms with Gasteiger partial charge >= 0.3 is 12.2 Å². The Balaban J connectivity index is 2.21. The van der Waals surface area contributed by atoms with E-state index in [0.29, 0.717) is 0 Å². The molecular formula is C16H13ClF3N3O3S. The largest absolute Gasteiger partial charge is 0.449 e. The predicted molar refractivity (Wildman–Crippen MR) is 94.6 cm³/mol. The van der Waals surface area contributed by atoms with Gasteiger partial charge in [-0.15, -0.1) is 0 Å². The molecule has 0 saturated heterocycles. The van der Waals surface area contributed by atoms with E-state index in [1.807, 2.05) is 0 Å². The van der Waals surface area contributed by atoms with Crippen LogP contribution in [0, 0.1) is 6.92 Å². The van der Waals surface area contributed by atoms with Crippen LogP contribution in [0.5, 0.6) is 0 Å². The van der Waals surface area contributed by atoms with Crippen LogP contribution in [-0.2, 0) is 10.0 Å². The number of hydrogen-bond donors (Lipinski definition) is 2. The minimum Gasteiger partial charge on any atom is -0.287 e. The molecule has 2 rings (SSSR count). The first kappa shape index (κ1) is 20.7. The van der Waals surface area contributed by atoms with Crippen LogP contribution in [0.1, 0.15) is 5.56 Å².